The van der Waals surface area contributed by atoms with E-state index >= 15 is 0 Å². The highest BCUT2D eigenvalue weighted by atomic mass is 16.5. The van der Waals surface area contributed by atoms with Gasteiger partial charge < -0.3 is 15.4 Å². The first-order valence-corrected chi connectivity index (χ1v) is 10.3. The van der Waals surface area contributed by atoms with Gasteiger partial charge in [0.2, 0.25) is 5.91 Å². The van der Waals surface area contributed by atoms with Crippen LogP contribution in [-0.2, 0) is 11.8 Å². The smallest absolute Gasteiger partial charge is 0.258 e. The van der Waals surface area contributed by atoms with Crippen molar-refractivity contribution in [3.8, 4) is 5.75 Å². The molecule has 7 nitrogen and oxygen atoms in total. The highest BCUT2D eigenvalue weighted by Crippen LogP contribution is 2.52. The standard InChI is InChI=1S/C22H26N4O3/c1-12-19(13(2)26(3)25-12)23-20(27)17-10-15-9-8-14(17)11-22(15)24-21(28)16-6-4-5-7-18(16)29-22/h4-7,14-15,17H,8-11H2,1-3H3,(H,23,27)(H,24,28)/t14-,15+,17-,22+/m0/s1. The van der Waals surface area contributed by atoms with Gasteiger partial charge in [-0.25, -0.2) is 0 Å². The van der Waals surface area contributed by atoms with E-state index in [0.717, 1.165) is 36.3 Å². The Balaban J connectivity index is 1.37. The average molecular weight is 394 g/mol. The van der Waals surface area contributed by atoms with Gasteiger partial charge in [-0.3, -0.25) is 14.3 Å². The van der Waals surface area contributed by atoms with Crippen LogP contribution < -0.4 is 15.4 Å². The lowest BCUT2D eigenvalue weighted by molar-refractivity contribution is -0.142. The molecule has 2 amide bonds. The molecular weight excluding hydrogens is 368 g/mol. The van der Waals surface area contributed by atoms with E-state index in [1.165, 1.54) is 0 Å². The molecular formula is C22H26N4O3. The third-order valence-electron chi connectivity index (χ3n) is 7.06. The van der Waals surface area contributed by atoms with E-state index in [2.05, 4.69) is 15.7 Å². The normalized spacial score (nSPS) is 29.9. The number of carbonyl (C=O) groups is 2. The Morgan fingerprint density at radius 2 is 2.10 bits per heavy atom. The number of carbonyl (C=O) groups excluding carboxylic acids is 2. The van der Waals surface area contributed by atoms with Gasteiger partial charge in [0.05, 0.1) is 22.6 Å². The number of aromatic nitrogens is 2. The molecule has 6 rings (SSSR count). The van der Waals surface area contributed by atoms with Crippen LogP contribution in [0.5, 0.6) is 5.75 Å². The summed E-state index contributed by atoms with van der Waals surface area (Å²) in [5.41, 5.74) is 2.48. The second kappa shape index (κ2) is 6.34. The SMILES string of the molecule is Cc1nn(C)c(C)c1NC(=O)[C@H]1C[C@H]2CC[C@H]1C[C@]21NC(=O)c2ccccc2O1. The number of ether oxygens (including phenoxy) is 1. The lowest BCUT2D eigenvalue weighted by atomic mass is 9.60. The minimum atomic E-state index is -0.689. The number of nitrogens with one attached hydrogen (secondary N) is 2. The maximum atomic E-state index is 13.1. The van der Waals surface area contributed by atoms with E-state index in [-0.39, 0.29) is 29.6 Å². The molecule has 3 fully saturated rings. The number of hydrogen-bond acceptors (Lipinski definition) is 4. The van der Waals surface area contributed by atoms with Crippen molar-refractivity contribution in [3.05, 3.63) is 41.2 Å². The zero-order valence-electron chi connectivity index (χ0n) is 17.0. The fourth-order valence-electron chi connectivity index (χ4n) is 5.45. The molecule has 2 aromatic rings. The van der Waals surface area contributed by atoms with Crippen molar-refractivity contribution in [1.82, 2.24) is 15.1 Å². The highest BCUT2D eigenvalue weighted by molar-refractivity contribution is 5.98. The number of aryl methyl sites for hydroxylation is 2. The number of rotatable bonds is 2. The Labute approximate surface area is 169 Å². The van der Waals surface area contributed by atoms with Crippen LogP contribution in [0.1, 0.15) is 47.4 Å². The monoisotopic (exact) mass is 394 g/mol. The van der Waals surface area contributed by atoms with Crippen LogP contribution in [0.15, 0.2) is 24.3 Å². The summed E-state index contributed by atoms with van der Waals surface area (Å²) >= 11 is 0. The van der Waals surface area contributed by atoms with Gasteiger partial charge in [-0.1, -0.05) is 12.1 Å². The molecule has 0 radical (unpaired) electrons. The van der Waals surface area contributed by atoms with Gasteiger partial charge in [-0.15, -0.1) is 0 Å². The third kappa shape index (κ3) is 2.74. The first kappa shape index (κ1) is 18.2. The minimum Gasteiger partial charge on any atom is -0.467 e. The topological polar surface area (TPSA) is 85.3 Å². The molecule has 7 heteroatoms. The number of anilines is 1. The van der Waals surface area contributed by atoms with Gasteiger partial charge in [0.25, 0.3) is 5.91 Å². The summed E-state index contributed by atoms with van der Waals surface area (Å²) in [4.78, 5) is 25.8. The fraction of sp³-hybridized carbons (Fsp3) is 0.500. The summed E-state index contributed by atoms with van der Waals surface area (Å²) in [6, 6.07) is 7.38. The first-order valence-electron chi connectivity index (χ1n) is 10.3. The van der Waals surface area contributed by atoms with E-state index in [1.54, 1.807) is 10.7 Å². The second-order valence-electron chi connectivity index (χ2n) is 8.68. The van der Waals surface area contributed by atoms with Crippen LogP contribution in [0.2, 0.25) is 0 Å². The molecule has 2 heterocycles. The van der Waals surface area contributed by atoms with Crippen molar-refractivity contribution in [1.29, 1.82) is 0 Å². The van der Waals surface area contributed by atoms with Gasteiger partial charge in [-0.2, -0.15) is 5.10 Å². The zero-order valence-corrected chi connectivity index (χ0v) is 17.0. The van der Waals surface area contributed by atoms with Crippen LogP contribution in [0, 0.1) is 31.6 Å². The summed E-state index contributed by atoms with van der Waals surface area (Å²) < 4.78 is 8.16. The maximum Gasteiger partial charge on any atom is 0.258 e. The van der Waals surface area contributed by atoms with E-state index < -0.39 is 5.72 Å². The van der Waals surface area contributed by atoms with E-state index in [1.807, 2.05) is 39.1 Å². The Kier molecular flexibility index (Phi) is 3.98. The summed E-state index contributed by atoms with van der Waals surface area (Å²) in [5, 5.41) is 10.7. The zero-order chi connectivity index (χ0) is 20.3. The molecule has 1 aromatic carbocycles. The van der Waals surface area contributed by atoms with Crippen LogP contribution in [0.3, 0.4) is 0 Å². The molecule has 4 aliphatic rings. The number of amides is 2. The van der Waals surface area contributed by atoms with Crippen molar-refractivity contribution < 1.29 is 14.3 Å². The van der Waals surface area contributed by atoms with Crippen molar-refractivity contribution in [3.63, 3.8) is 0 Å². The van der Waals surface area contributed by atoms with Crippen molar-refractivity contribution in [2.75, 3.05) is 5.32 Å². The quantitative estimate of drug-likeness (QED) is 0.820. The largest absolute Gasteiger partial charge is 0.467 e. The summed E-state index contributed by atoms with van der Waals surface area (Å²) in [6.07, 6.45) is 3.33. The van der Waals surface area contributed by atoms with Gasteiger partial charge in [0, 0.05) is 25.3 Å². The summed E-state index contributed by atoms with van der Waals surface area (Å²) in [5.74, 6) is 0.847. The van der Waals surface area contributed by atoms with Crippen LogP contribution in [-0.4, -0.2) is 27.3 Å². The maximum absolute atomic E-state index is 13.1. The van der Waals surface area contributed by atoms with Crippen molar-refractivity contribution >= 4 is 17.5 Å². The molecule has 0 saturated heterocycles. The molecule has 29 heavy (non-hydrogen) atoms. The average Bonchev–Trinajstić information content (AvgIpc) is 2.94. The predicted molar refractivity (Wildman–Crippen MR) is 108 cm³/mol. The number of nitrogens with zero attached hydrogens (tertiary/aromatic N) is 2. The van der Waals surface area contributed by atoms with Gasteiger partial charge in [0.15, 0.2) is 5.72 Å². The molecule has 3 saturated carbocycles. The Morgan fingerprint density at radius 1 is 1.31 bits per heavy atom. The summed E-state index contributed by atoms with van der Waals surface area (Å²) in [7, 11) is 1.88. The van der Waals surface area contributed by atoms with E-state index in [0.29, 0.717) is 17.7 Å². The number of fused-ring (bicyclic) bond motifs is 3. The van der Waals surface area contributed by atoms with Crippen LogP contribution >= 0.6 is 0 Å². The molecule has 152 valence electrons. The van der Waals surface area contributed by atoms with E-state index in [9.17, 15) is 9.59 Å². The molecule has 4 atom stereocenters. The van der Waals surface area contributed by atoms with Crippen LogP contribution in [0.4, 0.5) is 5.69 Å². The van der Waals surface area contributed by atoms with Gasteiger partial charge in [0.1, 0.15) is 5.75 Å². The molecule has 1 aliphatic heterocycles. The molecule has 1 aromatic heterocycles. The summed E-state index contributed by atoms with van der Waals surface area (Å²) in [6.45, 7) is 3.87. The van der Waals surface area contributed by atoms with Gasteiger partial charge >= 0.3 is 0 Å². The lowest BCUT2D eigenvalue weighted by Crippen LogP contribution is -2.66. The fourth-order valence-corrected chi connectivity index (χ4v) is 5.45. The number of para-hydroxylation sites is 1. The number of hydrogen-bond donors (Lipinski definition) is 2. The van der Waals surface area contributed by atoms with Gasteiger partial charge in [-0.05, 0) is 51.2 Å². The molecule has 2 bridgehead atoms. The highest BCUT2D eigenvalue weighted by Gasteiger charge is 2.57. The Morgan fingerprint density at radius 3 is 2.79 bits per heavy atom. The minimum absolute atomic E-state index is 0.0521. The predicted octanol–water partition coefficient (Wildman–Crippen LogP) is 2.93. The van der Waals surface area contributed by atoms with Crippen LogP contribution in [0.25, 0.3) is 0 Å². The molecule has 0 unspecified atom stereocenters. The third-order valence-corrected chi connectivity index (χ3v) is 7.06. The first-order chi connectivity index (χ1) is 13.9. The molecule has 3 aliphatic carbocycles. The second-order valence-corrected chi connectivity index (χ2v) is 8.68. The number of benzene rings is 1. The Hall–Kier alpha value is -2.83. The lowest BCUT2D eigenvalue weighted by Gasteiger charge is -2.55. The van der Waals surface area contributed by atoms with E-state index in [4.69, 9.17) is 4.74 Å². The molecule has 2 N–H and O–H groups in total. The van der Waals surface area contributed by atoms with Crippen molar-refractivity contribution in [2.24, 2.45) is 24.8 Å². The van der Waals surface area contributed by atoms with Crippen molar-refractivity contribution in [2.45, 2.75) is 45.3 Å². The molecule has 1 spiro atoms. The Bertz CT molecular complexity index is 1010.